The van der Waals surface area contributed by atoms with Crippen molar-refractivity contribution in [2.75, 3.05) is 5.73 Å². The zero-order chi connectivity index (χ0) is 7.56. The molecule has 0 unspecified atom stereocenters. The van der Waals surface area contributed by atoms with Gasteiger partial charge in [-0.05, 0) is 24.6 Å². The highest BCUT2D eigenvalue weighted by atomic mass is 32.1. The predicted molar refractivity (Wildman–Crippen MR) is 48.2 cm³/mol. The van der Waals surface area contributed by atoms with E-state index in [4.69, 9.17) is 18.0 Å². The van der Waals surface area contributed by atoms with E-state index in [0.29, 0.717) is 0 Å². The second-order valence-corrected chi connectivity index (χ2v) is 2.79. The maximum absolute atomic E-state index is 5.48. The van der Waals surface area contributed by atoms with Crippen LogP contribution in [0.15, 0.2) is 24.3 Å². The second kappa shape index (κ2) is 2.80. The molecule has 0 bridgehead atoms. The van der Waals surface area contributed by atoms with Crippen molar-refractivity contribution in [3.05, 3.63) is 29.8 Å². The molecule has 0 spiro atoms. The van der Waals surface area contributed by atoms with Gasteiger partial charge in [0.1, 0.15) is 0 Å². The fourth-order valence-electron chi connectivity index (χ4n) is 0.718. The lowest BCUT2D eigenvalue weighted by Gasteiger charge is -1.96. The summed E-state index contributed by atoms with van der Waals surface area (Å²) in [6.45, 7) is 1.90. The van der Waals surface area contributed by atoms with E-state index in [1.165, 1.54) is 0 Å². The van der Waals surface area contributed by atoms with Crippen LogP contribution in [0.1, 0.15) is 12.5 Å². The fraction of sp³-hybridized carbons (Fsp3) is 0.125. The summed E-state index contributed by atoms with van der Waals surface area (Å²) in [4.78, 5) is 0.903. The third kappa shape index (κ3) is 1.54. The Hall–Kier alpha value is -0.890. The Morgan fingerprint density at radius 1 is 1.30 bits per heavy atom. The number of hydrogen-bond donors (Lipinski definition) is 1. The summed E-state index contributed by atoms with van der Waals surface area (Å²) in [5.41, 5.74) is 7.33. The van der Waals surface area contributed by atoms with Crippen LogP contribution in [0.4, 0.5) is 5.69 Å². The van der Waals surface area contributed by atoms with Crippen molar-refractivity contribution < 1.29 is 0 Å². The smallest absolute Gasteiger partial charge is 0.0314 e. The normalized spacial score (nSPS) is 9.30. The van der Waals surface area contributed by atoms with E-state index in [1.54, 1.807) is 0 Å². The Balaban J connectivity index is 3.00. The van der Waals surface area contributed by atoms with Gasteiger partial charge in [-0.25, -0.2) is 0 Å². The molecule has 0 aromatic heterocycles. The fourth-order valence-corrected chi connectivity index (χ4v) is 0.854. The molecule has 1 nitrogen and oxygen atoms in total. The van der Waals surface area contributed by atoms with Gasteiger partial charge in [-0.15, -0.1) is 0 Å². The second-order valence-electron chi connectivity index (χ2n) is 2.18. The SMILES string of the molecule is CC(=S)c1ccc(N)cc1. The molecule has 0 aliphatic rings. The molecule has 0 radical (unpaired) electrons. The molecule has 0 amide bonds. The van der Waals surface area contributed by atoms with Gasteiger partial charge in [0.15, 0.2) is 0 Å². The summed E-state index contributed by atoms with van der Waals surface area (Å²) in [6, 6.07) is 7.56. The minimum atomic E-state index is 0.778. The molecule has 0 fully saturated rings. The zero-order valence-electron chi connectivity index (χ0n) is 5.79. The van der Waals surface area contributed by atoms with Gasteiger partial charge in [0.2, 0.25) is 0 Å². The summed E-state index contributed by atoms with van der Waals surface area (Å²) < 4.78 is 0. The maximum atomic E-state index is 5.48. The van der Waals surface area contributed by atoms with Crippen LogP contribution in [0.3, 0.4) is 0 Å². The molecule has 52 valence electrons. The number of nitrogens with two attached hydrogens (primary N) is 1. The predicted octanol–water partition coefficient (Wildman–Crippen LogP) is 2.01. The van der Waals surface area contributed by atoms with Crippen molar-refractivity contribution in [3.8, 4) is 0 Å². The molecule has 0 saturated carbocycles. The Morgan fingerprint density at radius 2 is 1.80 bits per heavy atom. The van der Waals surface area contributed by atoms with Gasteiger partial charge in [-0.3, -0.25) is 0 Å². The first kappa shape index (κ1) is 7.22. The molecule has 1 rings (SSSR count). The number of benzene rings is 1. The average Bonchev–Trinajstić information content (AvgIpc) is 1.88. The molecule has 0 saturated heterocycles. The monoisotopic (exact) mass is 151 g/mol. The molecular weight excluding hydrogens is 142 g/mol. The number of anilines is 1. The van der Waals surface area contributed by atoms with Gasteiger partial charge in [-0.1, -0.05) is 24.4 Å². The van der Waals surface area contributed by atoms with E-state index >= 15 is 0 Å². The first-order valence-electron chi connectivity index (χ1n) is 3.06. The third-order valence-electron chi connectivity index (χ3n) is 1.32. The van der Waals surface area contributed by atoms with Crippen LogP contribution in [0, 0.1) is 0 Å². The van der Waals surface area contributed by atoms with E-state index in [2.05, 4.69) is 0 Å². The first-order valence-corrected chi connectivity index (χ1v) is 3.47. The minimum Gasteiger partial charge on any atom is -0.399 e. The van der Waals surface area contributed by atoms with Gasteiger partial charge < -0.3 is 5.73 Å². The van der Waals surface area contributed by atoms with E-state index < -0.39 is 0 Å². The van der Waals surface area contributed by atoms with Crippen LogP contribution < -0.4 is 5.73 Å². The Kier molecular flexibility index (Phi) is 2.02. The average molecular weight is 151 g/mol. The number of hydrogen-bond acceptors (Lipinski definition) is 2. The summed E-state index contributed by atoms with van der Waals surface area (Å²) in [5, 5.41) is 0. The van der Waals surface area contributed by atoms with E-state index in [9.17, 15) is 0 Å². The summed E-state index contributed by atoms with van der Waals surface area (Å²) in [7, 11) is 0. The highest BCUT2D eigenvalue weighted by Gasteiger charge is 1.91. The number of rotatable bonds is 1. The molecule has 2 N–H and O–H groups in total. The third-order valence-corrected chi connectivity index (χ3v) is 1.55. The molecule has 0 atom stereocenters. The van der Waals surface area contributed by atoms with Crippen molar-refractivity contribution in [1.82, 2.24) is 0 Å². The van der Waals surface area contributed by atoms with E-state index in [-0.39, 0.29) is 0 Å². The lowest BCUT2D eigenvalue weighted by atomic mass is 10.1. The molecular formula is C8H9NS. The van der Waals surface area contributed by atoms with Crippen molar-refractivity contribution in [1.29, 1.82) is 0 Å². The highest BCUT2D eigenvalue weighted by Crippen LogP contribution is 2.05. The Bertz CT molecular complexity index is 238. The molecule has 0 aliphatic heterocycles. The van der Waals surface area contributed by atoms with Crippen LogP contribution in [0.5, 0.6) is 0 Å². The van der Waals surface area contributed by atoms with Crippen LogP contribution in [0.25, 0.3) is 0 Å². The lowest BCUT2D eigenvalue weighted by molar-refractivity contribution is 1.64. The van der Waals surface area contributed by atoms with Crippen molar-refractivity contribution in [2.45, 2.75) is 6.92 Å². The largest absolute Gasteiger partial charge is 0.399 e. The summed E-state index contributed by atoms with van der Waals surface area (Å²) >= 11 is 4.96. The van der Waals surface area contributed by atoms with Crippen molar-refractivity contribution in [3.63, 3.8) is 0 Å². The van der Waals surface area contributed by atoms with Crippen LogP contribution in [-0.2, 0) is 0 Å². The van der Waals surface area contributed by atoms with Crippen LogP contribution in [0.2, 0.25) is 0 Å². The molecule has 10 heavy (non-hydrogen) atoms. The molecule has 0 aliphatic carbocycles. The van der Waals surface area contributed by atoms with Gasteiger partial charge >= 0.3 is 0 Å². The van der Waals surface area contributed by atoms with Gasteiger partial charge in [-0.2, -0.15) is 0 Å². The summed E-state index contributed by atoms with van der Waals surface area (Å²) in [6.07, 6.45) is 0. The van der Waals surface area contributed by atoms with Gasteiger partial charge in [0, 0.05) is 10.6 Å². The van der Waals surface area contributed by atoms with E-state index in [1.807, 2.05) is 31.2 Å². The molecule has 0 heterocycles. The maximum Gasteiger partial charge on any atom is 0.0314 e. The molecule has 1 aromatic carbocycles. The highest BCUT2D eigenvalue weighted by molar-refractivity contribution is 7.80. The van der Waals surface area contributed by atoms with Crippen LogP contribution in [-0.4, -0.2) is 4.86 Å². The van der Waals surface area contributed by atoms with Gasteiger partial charge in [0.25, 0.3) is 0 Å². The number of thiocarbonyl (C=S) groups is 1. The lowest BCUT2D eigenvalue weighted by Crippen LogP contribution is -1.90. The number of nitrogen functional groups attached to an aromatic ring is 1. The Labute approximate surface area is 65.9 Å². The van der Waals surface area contributed by atoms with Crippen molar-refractivity contribution in [2.24, 2.45) is 0 Å². The van der Waals surface area contributed by atoms with Crippen LogP contribution >= 0.6 is 12.2 Å². The first-order chi connectivity index (χ1) is 4.70. The van der Waals surface area contributed by atoms with Gasteiger partial charge in [0.05, 0.1) is 0 Å². The minimum absolute atomic E-state index is 0.778. The Morgan fingerprint density at radius 3 is 2.20 bits per heavy atom. The molecule has 2 heteroatoms. The topological polar surface area (TPSA) is 26.0 Å². The summed E-state index contributed by atoms with van der Waals surface area (Å²) in [5.74, 6) is 0. The zero-order valence-corrected chi connectivity index (χ0v) is 6.61. The quantitative estimate of drug-likeness (QED) is 0.377. The van der Waals surface area contributed by atoms with Crippen molar-refractivity contribution >= 4 is 22.8 Å². The van der Waals surface area contributed by atoms with E-state index in [0.717, 1.165) is 16.1 Å². The molecule has 1 aromatic rings. The standard InChI is InChI=1S/C8H9NS/c1-6(10)7-2-4-8(9)5-3-7/h2-5H,9H2,1H3.